The minimum Gasteiger partial charge on any atom is -0.480 e. The van der Waals surface area contributed by atoms with Gasteiger partial charge < -0.3 is 25.8 Å². The maximum absolute atomic E-state index is 14.5. The molecule has 41 heavy (non-hydrogen) atoms. The molecular weight excluding hydrogens is 559 g/mol. The standard InChI is InChI=1S/C29H31ClF3N5O3/c1-2-22-28(16-21(35-22)26(39)40)10-12-38(13-11-28)23-15-24(37-27(34)36-23)41-25(29(31,32)33)19-9-8-18(30)14-20(19)17-6-4-3-5-7-17/h3-9,14-15,21-22,25,35H,2,10-13,16H2,1H3,(H,39,40)(H2,34,36,37)/t21-,22?,25+/m0/s1. The van der Waals surface area contributed by atoms with Crippen molar-refractivity contribution in [2.75, 3.05) is 23.7 Å². The van der Waals surface area contributed by atoms with E-state index in [1.165, 1.54) is 24.3 Å². The number of nitrogen functional groups attached to an aromatic ring is 1. The van der Waals surface area contributed by atoms with Crippen molar-refractivity contribution in [1.29, 1.82) is 0 Å². The number of rotatable bonds is 7. The van der Waals surface area contributed by atoms with Gasteiger partial charge in [0.05, 0.1) is 0 Å². The third-order valence-corrected chi connectivity index (χ3v) is 8.40. The van der Waals surface area contributed by atoms with Crippen molar-refractivity contribution in [3.8, 4) is 17.0 Å². The molecule has 2 fully saturated rings. The van der Waals surface area contributed by atoms with E-state index >= 15 is 0 Å². The largest absolute Gasteiger partial charge is 0.480 e. The molecule has 1 aromatic heterocycles. The fraction of sp³-hybridized carbons (Fsp3) is 0.414. The first kappa shape index (κ1) is 28.9. The van der Waals surface area contributed by atoms with Crippen LogP contribution in [0.5, 0.6) is 5.88 Å². The lowest BCUT2D eigenvalue weighted by atomic mass is 9.71. The van der Waals surface area contributed by atoms with E-state index < -0.39 is 24.3 Å². The van der Waals surface area contributed by atoms with Crippen LogP contribution in [0.3, 0.4) is 0 Å². The van der Waals surface area contributed by atoms with E-state index in [1.807, 2.05) is 11.8 Å². The summed E-state index contributed by atoms with van der Waals surface area (Å²) in [6.45, 7) is 3.11. The highest BCUT2D eigenvalue weighted by atomic mass is 35.5. The van der Waals surface area contributed by atoms with E-state index in [-0.39, 0.29) is 28.8 Å². The van der Waals surface area contributed by atoms with E-state index in [0.717, 1.165) is 6.42 Å². The van der Waals surface area contributed by atoms with E-state index in [9.17, 15) is 23.1 Å². The number of ether oxygens (including phenoxy) is 1. The van der Waals surface area contributed by atoms with Gasteiger partial charge in [-0.25, -0.2) is 0 Å². The maximum Gasteiger partial charge on any atom is 0.429 e. The highest BCUT2D eigenvalue weighted by molar-refractivity contribution is 6.30. The van der Waals surface area contributed by atoms with Crippen molar-refractivity contribution in [2.45, 2.75) is 57.0 Å². The SMILES string of the molecule is CCC1N[C@H](C(=O)O)CC12CCN(c1cc(O[C@H](c3ccc(Cl)cc3-c3ccccc3)C(F)(F)F)nc(N)n1)CC2. The first-order chi connectivity index (χ1) is 19.5. The fourth-order valence-corrected chi connectivity index (χ4v) is 6.35. The summed E-state index contributed by atoms with van der Waals surface area (Å²) in [5.74, 6) is -1.01. The summed E-state index contributed by atoms with van der Waals surface area (Å²) in [6.07, 6.45) is -4.37. The minimum atomic E-state index is -4.78. The maximum atomic E-state index is 14.5. The lowest BCUT2D eigenvalue weighted by Gasteiger charge is -2.43. The number of hydrogen-bond acceptors (Lipinski definition) is 7. The summed E-state index contributed by atoms with van der Waals surface area (Å²) in [5.41, 5.74) is 6.51. The van der Waals surface area contributed by atoms with Crippen LogP contribution in [0.2, 0.25) is 5.02 Å². The van der Waals surface area contributed by atoms with Gasteiger partial charge in [0.2, 0.25) is 17.9 Å². The molecule has 4 N–H and O–H groups in total. The molecule has 2 aliphatic heterocycles. The summed E-state index contributed by atoms with van der Waals surface area (Å²) in [4.78, 5) is 21.8. The number of halogens is 4. The smallest absolute Gasteiger partial charge is 0.429 e. The number of piperidine rings is 1. The quantitative estimate of drug-likeness (QED) is 0.313. The molecule has 12 heteroatoms. The summed E-state index contributed by atoms with van der Waals surface area (Å²) in [6, 6.07) is 13.7. The van der Waals surface area contributed by atoms with Crippen molar-refractivity contribution in [2.24, 2.45) is 5.41 Å². The second-order valence-electron chi connectivity index (χ2n) is 10.6. The van der Waals surface area contributed by atoms with E-state index in [1.54, 1.807) is 30.3 Å². The highest BCUT2D eigenvalue weighted by Crippen LogP contribution is 2.46. The Balaban J connectivity index is 1.41. The number of carbonyl (C=O) groups is 1. The third kappa shape index (κ3) is 6.06. The number of nitrogens with two attached hydrogens (primary N) is 1. The van der Waals surface area contributed by atoms with Crippen molar-refractivity contribution in [1.82, 2.24) is 15.3 Å². The number of nitrogens with zero attached hydrogens (tertiary/aromatic N) is 3. The van der Waals surface area contributed by atoms with Crippen LogP contribution in [0.25, 0.3) is 11.1 Å². The van der Waals surface area contributed by atoms with Gasteiger partial charge in [-0.3, -0.25) is 4.79 Å². The van der Waals surface area contributed by atoms with Crippen LogP contribution >= 0.6 is 11.6 Å². The van der Waals surface area contributed by atoms with Crippen LogP contribution in [0.4, 0.5) is 24.9 Å². The number of aromatic nitrogens is 2. The number of carboxylic acids is 1. The Morgan fingerprint density at radius 1 is 1.20 bits per heavy atom. The van der Waals surface area contributed by atoms with Gasteiger partial charge in [-0.15, -0.1) is 0 Å². The Bertz CT molecular complexity index is 1400. The molecule has 218 valence electrons. The molecule has 0 amide bonds. The number of anilines is 2. The van der Waals surface area contributed by atoms with Gasteiger partial charge in [-0.1, -0.05) is 54.9 Å². The van der Waals surface area contributed by atoms with Gasteiger partial charge >= 0.3 is 12.1 Å². The van der Waals surface area contributed by atoms with E-state index in [2.05, 4.69) is 15.3 Å². The molecule has 1 unspecified atom stereocenters. The molecule has 2 saturated heterocycles. The molecule has 3 heterocycles. The molecule has 2 aliphatic rings. The average Bonchev–Trinajstić information content (AvgIpc) is 3.30. The average molecular weight is 590 g/mol. The van der Waals surface area contributed by atoms with Crippen LogP contribution in [0.1, 0.15) is 44.3 Å². The van der Waals surface area contributed by atoms with Crippen LogP contribution < -0.4 is 20.7 Å². The third-order valence-electron chi connectivity index (χ3n) is 8.17. The van der Waals surface area contributed by atoms with Gasteiger partial charge in [0.1, 0.15) is 11.9 Å². The zero-order valence-corrected chi connectivity index (χ0v) is 23.1. The zero-order valence-electron chi connectivity index (χ0n) is 22.4. The number of alkyl halides is 3. The monoisotopic (exact) mass is 589 g/mol. The van der Waals surface area contributed by atoms with Gasteiger partial charge in [0, 0.05) is 35.8 Å². The molecule has 1 spiro atoms. The molecule has 0 saturated carbocycles. The molecular formula is C29H31ClF3N5O3. The predicted molar refractivity (Wildman–Crippen MR) is 150 cm³/mol. The molecule has 5 rings (SSSR count). The molecule has 8 nitrogen and oxygen atoms in total. The predicted octanol–water partition coefficient (Wildman–Crippen LogP) is 5.87. The minimum absolute atomic E-state index is 0.0749. The van der Waals surface area contributed by atoms with Crippen molar-refractivity contribution in [3.63, 3.8) is 0 Å². The lowest BCUT2D eigenvalue weighted by molar-refractivity contribution is -0.198. The van der Waals surface area contributed by atoms with E-state index in [0.29, 0.717) is 54.3 Å². The molecule has 0 aliphatic carbocycles. The van der Waals surface area contributed by atoms with Gasteiger partial charge in [0.25, 0.3) is 0 Å². The van der Waals surface area contributed by atoms with Crippen LogP contribution in [0, 0.1) is 5.41 Å². The van der Waals surface area contributed by atoms with Crippen molar-refractivity contribution >= 4 is 29.3 Å². The molecule has 3 atom stereocenters. The van der Waals surface area contributed by atoms with E-state index in [4.69, 9.17) is 22.1 Å². The molecule has 3 aromatic rings. The fourth-order valence-electron chi connectivity index (χ4n) is 6.18. The number of aliphatic carboxylic acids is 1. The zero-order chi connectivity index (χ0) is 29.4. The second kappa shape index (κ2) is 11.4. The first-order valence-corrected chi connectivity index (χ1v) is 13.8. The lowest BCUT2D eigenvalue weighted by Crippen LogP contribution is -2.46. The Morgan fingerprint density at radius 3 is 2.54 bits per heavy atom. The second-order valence-corrected chi connectivity index (χ2v) is 11.1. The first-order valence-electron chi connectivity index (χ1n) is 13.5. The number of nitrogens with one attached hydrogen (secondary N) is 1. The topological polar surface area (TPSA) is 114 Å². The summed E-state index contributed by atoms with van der Waals surface area (Å²) >= 11 is 6.16. The summed E-state index contributed by atoms with van der Waals surface area (Å²) < 4.78 is 49.0. The molecule has 0 bridgehead atoms. The summed E-state index contributed by atoms with van der Waals surface area (Å²) in [5, 5.41) is 13.1. The Hall–Kier alpha value is -3.57. The normalized spacial score (nSPS) is 21.1. The van der Waals surface area contributed by atoms with Gasteiger partial charge in [-0.2, -0.15) is 23.1 Å². The number of hydrogen-bond donors (Lipinski definition) is 3. The molecule has 2 aromatic carbocycles. The Labute approximate surface area is 240 Å². The highest BCUT2D eigenvalue weighted by Gasteiger charge is 2.50. The summed E-state index contributed by atoms with van der Waals surface area (Å²) in [7, 11) is 0. The number of carboxylic acid groups (broad SMARTS) is 1. The van der Waals surface area contributed by atoms with Gasteiger partial charge in [-0.05, 0) is 54.4 Å². The van der Waals surface area contributed by atoms with Gasteiger partial charge in [0.15, 0.2) is 0 Å². The molecule has 0 radical (unpaired) electrons. The van der Waals surface area contributed by atoms with Crippen LogP contribution in [0.15, 0.2) is 54.6 Å². The Kier molecular flexibility index (Phi) is 8.02. The van der Waals surface area contributed by atoms with Crippen LogP contribution in [-0.2, 0) is 4.79 Å². The van der Waals surface area contributed by atoms with Crippen molar-refractivity contribution in [3.05, 3.63) is 65.2 Å². The van der Waals surface area contributed by atoms with Crippen LogP contribution in [-0.4, -0.2) is 52.4 Å². The Morgan fingerprint density at radius 2 is 1.90 bits per heavy atom. The number of benzene rings is 2. The van der Waals surface area contributed by atoms with Crippen molar-refractivity contribution < 1.29 is 27.8 Å².